The lowest BCUT2D eigenvalue weighted by Crippen LogP contribution is -2.13. The molecule has 102 valence electrons. The molecule has 1 heterocycles. The van der Waals surface area contributed by atoms with Crippen LogP contribution < -0.4 is 5.32 Å². The fraction of sp³-hybridized carbons (Fsp3) is 0.857. The van der Waals surface area contributed by atoms with Gasteiger partial charge in [-0.3, -0.25) is 0 Å². The summed E-state index contributed by atoms with van der Waals surface area (Å²) >= 11 is 1.80. The zero-order valence-corrected chi connectivity index (χ0v) is 12.3. The second-order valence-electron chi connectivity index (χ2n) is 5.33. The van der Waals surface area contributed by atoms with Gasteiger partial charge in [-0.25, -0.2) is 0 Å². The summed E-state index contributed by atoms with van der Waals surface area (Å²) in [6.07, 6.45) is 10.8. The van der Waals surface area contributed by atoms with Crippen molar-refractivity contribution in [2.24, 2.45) is 5.92 Å². The summed E-state index contributed by atoms with van der Waals surface area (Å²) in [5, 5.41) is 14.4. The van der Waals surface area contributed by atoms with E-state index in [1.165, 1.54) is 50.0 Å². The molecular weight excluding hydrogens is 242 g/mol. The van der Waals surface area contributed by atoms with Gasteiger partial charge in [0.1, 0.15) is 10.0 Å². The van der Waals surface area contributed by atoms with Crippen molar-refractivity contribution in [2.75, 3.05) is 6.54 Å². The van der Waals surface area contributed by atoms with E-state index in [0.29, 0.717) is 0 Å². The topological polar surface area (TPSA) is 37.8 Å². The Kier molecular flexibility index (Phi) is 6.08. The molecule has 0 atom stereocenters. The minimum Gasteiger partial charge on any atom is -0.310 e. The molecule has 0 unspecified atom stereocenters. The van der Waals surface area contributed by atoms with Crippen LogP contribution in [0.2, 0.25) is 0 Å². The zero-order valence-electron chi connectivity index (χ0n) is 11.5. The number of nitrogens with one attached hydrogen (secondary N) is 1. The lowest BCUT2D eigenvalue weighted by Gasteiger charge is -2.10. The van der Waals surface area contributed by atoms with Gasteiger partial charge in [-0.05, 0) is 18.9 Å². The van der Waals surface area contributed by atoms with Crippen LogP contribution in [-0.4, -0.2) is 16.7 Å². The van der Waals surface area contributed by atoms with Crippen LogP contribution in [0.15, 0.2) is 0 Å². The fourth-order valence-electron chi connectivity index (χ4n) is 2.63. The molecule has 1 aliphatic rings. The molecule has 0 amide bonds. The normalized spacial score (nSPS) is 17.8. The Morgan fingerprint density at radius 2 is 1.83 bits per heavy atom. The third-order valence-corrected chi connectivity index (χ3v) is 4.60. The van der Waals surface area contributed by atoms with Gasteiger partial charge in [-0.15, -0.1) is 21.5 Å². The van der Waals surface area contributed by atoms with Crippen molar-refractivity contribution < 1.29 is 0 Å². The van der Waals surface area contributed by atoms with Gasteiger partial charge in [0.25, 0.3) is 0 Å². The Morgan fingerprint density at radius 3 is 2.56 bits per heavy atom. The molecule has 1 saturated carbocycles. The van der Waals surface area contributed by atoms with Crippen molar-refractivity contribution in [2.45, 2.75) is 64.8 Å². The fourth-order valence-corrected chi connectivity index (χ4v) is 3.56. The second kappa shape index (κ2) is 7.85. The highest BCUT2D eigenvalue weighted by Crippen LogP contribution is 2.26. The van der Waals surface area contributed by atoms with Crippen molar-refractivity contribution in [3.05, 3.63) is 10.0 Å². The molecule has 0 aliphatic heterocycles. The lowest BCUT2D eigenvalue weighted by molar-refractivity contribution is 0.456. The number of hydrogen-bond acceptors (Lipinski definition) is 4. The predicted octanol–water partition coefficient (Wildman–Crippen LogP) is 3.55. The first-order valence-electron chi connectivity index (χ1n) is 7.40. The summed E-state index contributed by atoms with van der Waals surface area (Å²) in [4.78, 5) is 0. The first kappa shape index (κ1) is 13.9. The number of hydrogen-bond donors (Lipinski definition) is 1. The summed E-state index contributed by atoms with van der Waals surface area (Å²) in [7, 11) is 0. The van der Waals surface area contributed by atoms with Crippen LogP contribution in [0.4, 0.5) is 0 Å². The number of aromatic nitrogens is 2. The molecule has 4 heteroatoms. The van der Waals surface area contributed by atoms with E-state index in [1.54, 1.807) is 11.3 Å². The molecule has 0 spiro atoms. The average Bonchev–Trinajstić information content (AvgIpc) is 2.65. The van der Waals surface area contributed by atoms with Crippen LogP contribution in [0.3, 0.4) is 0 Å². The zero-order chi connectivity index (χ0) is 12.6. The summed E-state index contributed by atoms with van der Waals surface area (Å²) in [5.41, 5.74) is 0. The van der Waals surface area contributed by atoms with Crippen molar-refractivity contribution in [3.8, 4) is 0 Å². The average molecular weight is 267 g/mol. The van der Waals surface area contributed by atoms with Gasteiger partial charge in [0, 0.05) is 13.0 Å². The standard InChI is InChI=1S/C14H25N3S/c1-2-9-15-11-14-17-16-13(18-14)10-12-7-5-3-4-6-8-12/h12,15H,2-11H2,1H3. The Balaban J connectivity index is 1.78. The highest BCUT2D eigenvalue weighted by molar-refractivity contribution is 7.11. The Morgan fingerprint density at radius 1 is 1.11 bits per heavy atom. The van der Waals surface area contributed by atoms with Gasteiger partial charge in [0.05, 0.1) is 0 Å². The predicted molar refractivity (Wildman–Crippen MR) is 76.8 cm³/mol. The molecule has 1 aromatic heterocycles. The molecule has 1 fully saturated rings. The van der Waals surface area contributed by atoms with E-state index >= 15 is 0 Å². The third-order valence-electron chi connectivity index (χ3n) is 3.65. The van der Waals surface area contributed by atoms with E-state index in [1.807, 2.05) is 0 Å². The highest BCUT2D eigenvalue weighted by Gasteiger charge is 2.15. The van der Waals surface area contributed by atoms with Gasteiger partial charge in [0.2, 0.25) is 0 Å². The summed E-state index contributed by atoms with van der Waals surface area (Å²) in [6.45, 7) is 4.14. The summed E-state index contributed by atoms with van der Waals surface area (Å²) in [6, 6.07) is 0. The second-order valence-corrected chi connectivity index (χ2v) is 6.47. The molecule has 0 saturated heterocycles. The Bertz CT molecular complexity index is 330. The van der Waals surface area contributed by atoms with Crippen molar-refractivity contribution in [1.29, 1.82) is 0 Å². The smallest absolute Gasteiger partial charge is 0.131 e. The van der Waals surface area contributed by atoms with Gasteiger partial charge >= 0.3 is 0 Å². The molecule has 1 aromatic rings. The maximum Gasteiger partial charge on any atom is 0.131 e. The van der Waals surface area contributed by atoms with Gasteiger partial charge in [-0.2, -0.15) is 0 Å². The van der Waals surface area contributed by atoms with E-state index in [4.69, 9.17) is 0 Å². The molecule has 0 bridgehead atoms. The molecule has 1 aliphatic carbocycles. The molecular formula is C14H25N3S. The monoisotopic (exact) mass is 267 g/mol. The number of nitrogens with zero attached hydrogens (tertiary/aromatic N) is 2. The summed E-state index contributed by atoms with van der Waals surface area (Å²) < 4.78 is 0. The van der Waals surface area contributed by atoms with Gasteiger partial charge < -0.3 is 5.32 Å². The third kappa shape index (κ3) is 4.65. The van der Waals surface area contributed by atoms with E-state index in [2.05, 4.69) is 22.4 Å². The largest absolute Gasteiger partial charge is 0.310 e. The van der Waals surface area contributed by atoms with Gasteiger partial charge in [0.15, 0.2) is 0 Å². The van der Waals surface area contributed by atoms with Gasteiger partial charge in [-0.1, -0.05) is 45.4 Å². The Labute approximate surface area is 114 Å². The van der Waals surface area contributed by atoms with E-state index in [9.17, 15) is 0 Å². The minimum absolute atomic E-state index is 0.858. The minimum atomic E-state index is 0.858. The Hall–Kier alpha value is -0.480. The van der Waals surface area contributed by atoms with Crippen molar-refractivity contribution in [3.63, 3.8) is 0 Å². The SMILES string of the molecule is CCCNCc1nnc(CC2CCCCCC2)s1. The summed E-state index contributed by atoms with van der Waals surface area (Å²) in [5.74, 6) is 0.858. The van der Waals surface area contributed by atoms with Crippen LogP contribution in [-0.2, 0) is 13.0 Å². The van der Waals surface area contributed by atoms with Crippen LogP contribution in [0.25, 0.3) is 0 Å². The molecule has 2 rings (SSSR count). The van der Waals surface area contributed by atoms with Crippen LogP contribution >= 0.6 is 11.3 Å². The molecule has 0 aromatic carbocycles. The molecule has 3 nitrogen and oxygen atoms in total. The number of rotatable bonds is 6. The quantitative estimate of drug-likeness (QED) is 0.632. The first-order valence-corrected chi connectivity index (χ1v) is 8.22. The van der Waals surface area contributed by atoms with E-state index in [-0.39, 0.29) is 0 Å². The van der Waals surface area contributed by atoms with Crippen LogP contribution in [0.1, 0.15) is 61.9 Å². The van der Waals surface area contributed by atoms with E-state index in [0.717, 1.165) is 30.4 Å². The van der Waals surface area contributed by atoms with E-state index < -0.39 is 0 Å². The molecule has 0 radical (unpaired) electrons. The molecule has 18 heavy (non-hydrogen) atoms. The highest BCUT2D eigenvalue weighted by atomic mass is 32.1. The van der Waals surface area contributed by atoms with Crippen LogP contribution in [0.5, 0.6) is 0 Å². The molecule has 1 N–H and O–H groups in total. The van der Waals surface area contributed by atoms with Crippen molar-refractivity contribution in [1.82, 2.24) is 15.5 Å². The first-order chi connectivity index (χ1) is 8.88. The van der Waals surface area contributed by atoms with Crippen molar-refractivity contribution >= 4 is 11.3 Å². The lowest BCUT2D eigenvalue weighted by atomic mass is 9.97. The van der Waals surface area contributed by atoms with Crippen LogP contribution in [0, 0.1) is 5.92 Å². The maximum absolute atomic E-state index is 4.35. The maximum atomic E-state index is 4.35.